The number of aromatic nitrogens is 2. The van der Waals surface area contributed by atoms with Crippen molar-refractivity contribution < 1.29 is 13.9 Å². The number of piperidine rings is 1. The fourth-order valence-corrected chi connectivity index (χ4v) is 3.57. The van der Waals surface area contributed by atoms with Crippen LogP contribution in [0.1, 0.15) is 19.8 Å². The largest absolute Gasteiger partial charge is 0.489 e. The lowest BCUT2D eigenvalue weighted by Gasteiger charge is -2.35. The van der Waals surface area contributed by atoms with Crippen molar-refractivity contribution in [2.24, 2.45) is 0 Å². The third-order valence-corrected chi connectivity index (χ3v) is 5.21. The van der Waals surface area contributed by atoms with Crippen molar-refractivity contribution in [2.45, 2.75) is 25.4 Å². The van der Waals surface area contributed by atoms with Gasteiger partial charge < -0.3 is 14.6 Å². The number of hydrogen-bond donors (Lipinski definition) is 1. The van der Waals surface area contributed by atoms with Crippen LogP contribution in [0.5, 0.6) is 5.75 Å². The zero-order valence-corrected chi connectivity index (χ0v) is 15.2. The number of pyridine rings is 1. The number of likely N-dealkylation sites (tertiary alicyclic amines) is 1. The lowest BCUT2D eigenvalue weighted by molar-refractivity contribution is -0.131. The SMILES string of the molecule is CC(=O)N1CCC(F)(COc2ccnc3[nH]cc(-c4ccccc4)c23)CC1. The molecule has 3 heterocycles. The minimum atomic E-state index is -1.43. The first-order valence-electron chi connectivity index (χ1n) is 9.14. The van der Waals surface area contributed by atoms with Gasteiger partial charge >= 0.3 is 0 Å². The standard InChI is InChI=1S/C21H22FN3O2/c1-15(26)25-11-8-21(22,9-12-25)14-27-18-7-10-23-20-19(18)17(13-24-20)16-5-3-2-4-6-16/h2-7,10,13H,8-9,11-12,14H2,1H3,(H,23,24). The first kappa shape index (κ1) is 17.5. The summed E-state index contributed by atoms with van der Waals surface area (Å²) in [6.45, 7) is 2.35. The van der Waals surface area contributed by atoms with Crippen LogP contribution in [0.3, 0.4) is 0 Å². The van der Waals surface area contributed by atoms with Crippen molar-refractivity contribution in [1.29, 1.82) is 0 Å². The number of hydrogen-bond acceptors (Lipinski definition) is 3. The highest BCUT2D eigenvalue weighted by Gasteiger charge is 2.36. The molecule has 0 saturated carbocycles. The molecule has 27 heavy (non-hydrogen) atoms. The third kappa shape index (κ3) is 3.52. The number of nitrogens with zero attached hydrogens (tertiary/aromatic N) is 2. The van der Waals surface area contributed by atoms with Crippen molar-refractivity contribution in [3.05, 3.63) is 48.8 Å². The van der Waals surface area contributed by atoms with Crippen LogP contribution in [0.2, 0.25) is 0 Å². The number of carbonyl (C=O) groups excluding carboxylic acids is 1. The van der Waals surface area contributed by atoms with Crippen LogP contribution in [0.15, 0.2) is 48.8 Å². The number of benzene rings is 1. The third-order valence-electron chi connectivity index (χ3n) is 5.21. The first-order chi connectivity index (χ1) is 13.1. The number of rotatable bonds is 4. The number of fused-ring (bicyclic) bond motifs is 1. The molecule has 2 aromatic heterocycles. The van der Waals surface area contributed by atoms with Gasteiger partial charge in [-0.05, 0) is 11.6 Å². The molecule has 3 aromatic rings. The summed E-state index contributed by atoms with van der Waals surface area (Å²) in [6.07, 6.45) is 4.14. The number of alkyl halides is 1. The van der Waals surface area contributed by atoms with Crippen molar-refractivity contribution in [3.63, 3.8) is 0 Å². The van der Waals surface area contributed by atoms with E-state index in [1.54, 1.807) is 17.2 Å². The van der Waals surface area contributed by atoms with E-state index in [1.807, 2.05) is 36.5 Å². The lowest BCUT2D eigenvalue weighted by atomic mass is 9.94. The van der Waals surface area contributed by atoms with Crippen molar-refractivity contribution in [2.75, 3.05) is 19.7 Å². The van der Waals surface area contributed by atoms with E-state index in [0.29, 0.717) is 37.3 Å². The average Bonchev–Trinajstić information content (AvgIpc) is 3.12. The Hall–Kier alpha value is -2.89. The van der Waals surface area contributed by atoms with Crippen LogP contribution in [0.4, 0.5) is 4.39 Å². The highest BCUT2D eigenvalue weighted by molar-refractivity contribution is 5.98. The van der Waals surface area contributed by atoms with Crippen molar-refractivity contribution in [3.8, 4) is 16.9 Å². The van der Waals surface area contributed by atoms with Crippen LogP contribution < -0.4 is 4.74 Å². The topological polar surface area (TPSA) is 58.2 Å². The van der Waals surface area contributed by atoms with E-state index in [0.717, 1.165) is 16.5 Å². The summed E-state index contributed by atoms with van der Waals surface area (Å²) >= 11 is 0. The maximum Gasteiger partial charge on any atom is 0.219 e. The predicted octanol–water partition coefficient (Wildman–Crippen LogP) is 3.96. The number of amides is 1. The zero-order valence-electron chi connectivity index (χ0n) is 15.2. The molecule has 6 heteroatoms. The summed E-state index contributed by atoms with van der Waals surface area (Å²) in [5, 5.41) is 0.855. The van der Waals surface area contributed by atoms with E-state index >= 15 is 4.39 Å². The van der Waals surface area contributed by atoms with Gasteiger partial charge in [-0.15, -0.1) is 0 Å². The monoisotopic (exact) mass is 367 g/mol. The Labute approximate surface area is 157 Å². The molecule has 1 fully saturated rings. The molecule has 1 amide bonds. The molecule has 1 N–H and O–H groups in total. The summed E-state index contributed by atoms with van der Waals surface area (Å²) in [4.78, 5) is 20.6. The Balaban J connectivity index is 1.56. The Morgan fingerprint density at radius 1 is 1.26 bits per heavy atom. The first-order valence-corrected chi connectivity index (χ1v) is 9.14. The average molecular weight is 367 g/mol. The molecular weight excluding hydrogens is 345 g/mol. The highest BCUT2D eigenvalue weighted by atomic mass is 19.1. The molecule has 140 valence electrons. The molecule has 5 nitrogen and oxygen atoms in total. The molecule has 0 radical (unpaired) electrons. The van der Waals surface area contributed by atoms with Gasteiger partial charge in [0, 0.05) is 50.8 Å². The summed E-state index contributed by atoms with van der Waals surface area (Å²) in [5.41, 5.74) is 1.31. The fraction of sp³-hybridized carbons (Fsp3) is 0.333. The minimum Gasteiger partial charge on any atom is -0.489 e. The molecule has 0 aliphatic carbocycles. The minimum absolute atomic E-state index is 0.00589. The molecule has 0 spiro atoms. The quantitative estimate of drug-likeness (QED) is 0.759. The summed E-state index contributed by atoms with van der Waals surface area (Å²) in [5.74, 6) is 0.611. The molecule has 1 aromatic carbocycles. The van der Waals surface area contributed by atoms with E-state index in [-0.39, 0.29) is 12.5 Å². The molecule has 0 atom stereocenters. The number of halogens is 1. The summed E-state index contributed by atoms with van der Waals surface area (Å²) < 4.78 is 21.1. The van der Waals surface area contributed by atoms with Gasteiger partial charge in [-0.3, -0.25) is 4.79 Å². The van der Waals surface area contributed by atoms with Crippen molar-refractivity contribution >= 4 is 16.9 Å². The fourth-order valence-electron chi connectivity index (χ4n) is 3.57. The predicted molar refractivity (Wildman–Crippen MR) is 102 cm³/mol. The van der Waals surface area contributed by atoms with Crippen LogP contribution in [0.25, 0.3) is 22.2 Å². The zero-order chi connectivity index (χ0) is 18.9. The van der Waals surface area contributed by atoms with E-state index in [2.05, 4.69) is 9.97 Å². The lowest BCUT2D eigenvalue weighted by Crippen LogP contribution is -2.46. The smallest absolute Gasteiger partial charge is 0.219 e. The summed E-state index contributed by atoms with van der Waals surface area (Å²) in [7, 11) is 0. The Bertz CT molecular complexity index is 946. The second-order valence-electron chi connectivity index (χ2n) is 7.05. The van der Waals surface area contributed by atoms with Gasteiger partial charge in [0.1, 0.15) is 23.7 Å². The normalized spacial score (nSPS) is 16.4. The number of H-pyrrole nitrogens is 1. The van der Waals surface area contributed by atoms with Gasteiger partial charge in [0.05, 0.1) is 5.39 Å². The Morgan fingerprint density at radius 2 is 2.00 bits per heavy atom. The van der Waals surface area contributed by atoms with Crippen LogP contribution >= 0.6 is 0 Å². The van der Waals surface area contributed by atoms with E-state index < -0.39 is 5.67 Å². The van der Waals surface area contributed by atoms with Crippen LogP contribution in [0, 0.1) is 0 Å². The molecule has 1 saturated heterocycles. The number of aromatic amines is 1. The van der Waals surface area contributed by atoms with E-state index in [9.17, 15) is 4.79 Å². The Morgan fingerprint density at radius 3 is 2.70 bits per heavy atom. The van der Waals surface area contributed by atoms with E-state index in [1.165, 1.54) is 6.92 Å². The second kappa shape index (κ2) is 7.02. The van der Waals surface area contributed by atoms with Gasteiger partial charge in [-0.1, -0.05) is 30.3 Å². The van der Waals surface area contributed by atoms with Gasteiger partial charge in [0.15, 0.2) is 0 Å². The molecule has 4 rings (SSSR count). The summed E-state index contributed by atoms with van der Waals surface area (Å²) in [6, 6.07) is 11.7. The van der Waals surface area contributed by atoms with Crippen LogP contribution in [-0.2, 0) is 4.79 Å². The maximum absolute atomic E-state index is 15.2. The van der Waals surface area contributed by atoms with Gasteiger partial charge in [-0.25, -0.2) is 9.37 Å². The number of nitrogens with one attached hydrogen (secondary N) is 1. The Kier molecular flexibility index (Phi) is 4.56. The maximum atomic E-state index is 15.2. The molecule has 1 aliphatic rings. The number of ether oxygens (including phenoxy) is 1. The van der Waals surface area contributed by atoms with Gasteiger partial charge in [-0.2, -0.15) is 0 Å². The van der Waals surface area contributed by atoms with Gasteiger partial charge in [0.2, 0.25) is 5.91 Å². The number of carbonyl (C=O) groups is 1. The second-order valence-corrected chi connectivity index (χ2v) is 7.05. The molecule has 0 unspecified atom stereocenters. The van der Waals surface area contributed by atoms with Crippen molar-refractivity contribution in [1.82, 2.24) is 14.9 Å². The molecular formula is C21H22FN3O2. The van der Waals surface area contributed by atoms with E-state index in [4.69, 9.17) is 4.74 Å². The van der Waals surface area contributed by atoms with Crippen LogP contribution in [-0.4, -0.2) is 46.1 Å². The molecule has 0 bridgehead atoms. The molecule has 1 aliphatic heterocycles. The van der Waals surface area contributed by atoms with Gasteiger partial charge in [0.25, 0.3) is 0 Å². The highest BCUT2D eigenvalue weighted by Crippen LogP contribution is 2.35.